The van der Waals surface area contributed by atoms with E-state index in [0.717, 1.165) is 0 Å². The fourth-order valence-corrected chi connectivity index (χ4v) is 1.07. The fraction of sp³-hybridized carbons (Fsp3) is 0. The zero-order valence-electron chi connectivity index (χ0n) is 7.92. The summed E-state index contributed by atoms with van der Waals surface area (Å²) in [5, 5.41) is 0. The Kier molecular flexibility index (Phi) is 2.37. The Balaban J connectivity index is 2.22. The second-order valence-corrected chi connectivity index (χ2v) is 2.96. The predicted octanol–water partition coefficient (Wildman–Crippen LogP) is 1.43. The van der Waals surface area contributed by atoms with Gasteiger partial charge in [0.25, 0.3) is 0 Å². The van der Waals surface area contributed by atoms with Crippen LogP contribution in [0.3, 0.4) is 0 Å². The number of pyridine rings is 2. The van der Waals surface area contributed by atoms with Gasteiger partial charge >= 0.3 is 0 Å². The van der Waals surface area contributed by atoms with Gasteiger partial charge in [-0.25, -0.2) is 9.97 Å². The molecule has 0 aliphatic rings. The lowest BCUT2D eigenvalue weighted by Gasteiger charge is -2.04. The normalized spacial score (nSPS) is 9.87. The van der Waals surface area contributed by atoms with E-state index in [2.05, 4.69) is 9.97 Å². The van der Waals surface area contributed by atoms with Gasteiger partial charge in [-0.15, -0.1) is 0 Å². The van der Waals surface area contributed by atoms with E-state index < -0.39 is 0 Å². The highest BCUT2D eigenvalue weighted by Gasteiger charge is 2.00. The van der Waals surface area contributed by atoms with E-state index in [1.807, 2.05) is 0 Å². The summed E-state index contributed by atoms with van der Waals surface area (Å²) in [4.78, 5) is 7.96. The summed E-state index contributed by atoms with van der Waals surface area (Å²) in [5.41, 5.74) is 12.3. The third-order valence-electron chi connectivity index (χ3n) is 1.73. The molecule has 0 unspecified atom stereocenters. The molecule has 0 saturated carbocycles. The SMILES string of the molecule is Nc1ccnc(Oc2cc(N)ccn2)c1. The minimum Gasteiger partial charge on any atom is -0.421 e. The number of aromatic nitrogens is 2. The van der Waals surface area contributed by atoms with Gasteiger partial charge in [-0.05, 0) is 12.1 Å². The molecule has 4 N–H and O–H groups in total. The lowest BCUT2D eigenvalue weighted by atomic mass is 10.4. The number of ether oxygens (including phenoxy) is 1. The van der Waals surface area contributed by atoms with Gasteiger partial charge in [0.15, 0.2) is 0 Å². The Hall–Kier alpha value is -2.30. The number of nitrogens with two attached hydrogens (primary N) is 2. The zero-order valence-corrected chi connectivity index (χ0v) is 7.92. The molecule has 2 aromatic rings. The van der Waals surface area contributed by atoms with E-state index in [1.165, 1.54) is 0 Å². The summed E-state index contributed by atoms with van der Waals surface area (Å²) in [6.45, 7) is 0. The van der Waals surface area contributed by atoms with Gasteiger partial charge in [0.2, 0.25) is 11.8 Å². The monoisotopic (exact) mass is 202 g/mol. The predicted molar refractivity (Wildman–Crippen MR) is 57.4 cm³/mol. The first-order chi connectivity index (χ1) is 7.24. The smallest absolute Gasteiger partial charge is 0.223 e. The van der Waals surface area contributed by atoms with Gasteiger partial charge in [0.05, 0.1) is 0 Å². The van der Waals surface area contributed by atoms with Crippen molar-refractivity contribution >= 4 is 11.4 Å². The first kappa shape index (κ1) is 9.26. The quantitative estimate of drug-likeness (QED) is 0.769. The number of hydrogen-bond donors (Lipinski definition) is 2. The largest absolute Gasteiger partial charge is 0.421 e. The van der Waals surface area contributed by atoms with Crippen LogP contribution in [-0.4, -0.2) is 9.97 Å². The Morgan fingerprint density at radius 2 is 1.33 bits per heavy atom. The molecule has 0 radical (unpaired) electrons. The van der Waals surface area contributed by atoms with E-state index in [0.29, 0.717) is 23.1 Å². The third kappa shape index (κ3) is 2.34. The van der Waals surface area contributed by atoms with Crippen molar-refractivity contribution in [3.05, 3.63) is 36.7 Å². The average Bonchev–Trinajstić information content (AvgIpc) is 2.17. The molecule has 0 spiro atoms. The molecule has 5 heteroatoms. The molecular weight excluding hydrogens is 192 g/mol. The molecule has 2 rings (SSSR count). The Morgan fingerprint density at radius 3 is 1.73 bits per heavy atom. The van der Waals surface area contributed by atoms with Crippen LogP contribution < -0.4 is 16.2 Å². The van der Waals surface area contributed by atoms with Crippen molar-refractivity contribution in [3.63, 3.8) is 0 Å². The van der Waals surface area contributed by atoms with Crippen LogP contribution in [0.25, 0.3) is 0 Å². The second kappa shape index (κ2) is 3.83. The van der Waals surface area contributed by atoms with E-state index in [-0.39, 0.29) is 0 Å². The summed E-state index contributed by atoms with van der Waals surface area (Å²) in [5.74, 6) is 0.793. The molecule has 0 fully saturated rings. The van der Waals surface area contributed by atoms with Crippen LogP contribution in [0.2, 0.25) is 0 Å². The molecule has 0 aliphatic carbocycles. The van der Waals surface area contributed by atoms with Crippen LogP contribution in [0.4, 0.5) is 11.4 Å². The van der Waals surface area contributed by atoms with Crippen LogP contribution >= 0.6 is 0 Å². The number of anilines is 2. The summed E-state index contributed by atoms with van der Waals surface area (Å²) < 4.78 is 5.36. The van der Waals surface area contributed by atoms with Crippen molar-refractivity contribution < 1.29 is 4.74 Å². The third-order valence-corrected chi connectivity index (χ3v) is 1.73. The van der Waals surface area contributed by atoms with Gasteiger partial charge in [-0.1, -0.05) is 0 Å². The standard InChI is InChI=1S/C10H10N4O/c11-7-1-3-13-9(5-7)15-10-6-8(12)2-4-14-10/h1-6H,(H2,11,13)(H2,12,14). The van der Waals surface area contributed by atoms with Crippen LogP contribution in [0.1, 0.15) is 0 Å². The lowest BCUT2D eigenvalue weighted by Crippen LogP contribution is -1.93. The number of nitrogens with zero attached hydrogens (tertiary/aromatic N) is 2. The summed E-state index contributed by atoms with van der Waals surface area (Å²) in [6, 6.07) is 6.59. The van der Waals surface area contributed by atoms with Crippen LogP contribution in [-0.2, 0) is 0 Å². The molecular formula is C10H10N4O. The van der Waals surface area contributed by atoms with Gasteiger partial charge in [-0.3, -0.25) is 0 Å². The van der Waals surface area contributed by atoms with Crippen molar-refractivity contribution in [3.8, 4) is 11.8 Å². The van der Waals surface area contributed by atoms with Crippen molar-refractivity contribution in [1.82, 2.24) is 9.97 Å². The Bertz CT molecular complexity index is 429. The van der Waals surface area contributed by atoms with Gasteiger partial charge in [-0.2, -0.15) is 0 Å². The Morgan fingerprint density at radius 1 is 0.867 bits per heavy atom. The summed E-state index contributed by atoms with van der Waals surface area (Å²) in [7, 11) is 0. The molecule has 2 heterocycles. The molecule has 0 atom stereocenters. The number of hydrogen-bond acceptors (Lipinski definition) is 5. The zero-order chi connectivity index (χ0) is 10.7. The highest BCUT2D eigenvalue weighted by Crippen LogP contribution is 2.19. The minimum absolute atomic E-state index is 0.396. The maximum Gasteiger partial charge on any atom is 0.223 e. The lowest BCUT2D eigenvalue weighted by molar-refractivity contribution is 0.445. The van der Waals surface area contributed by atoms with Gasteiger partial charge in [0.1, 0.15) is 0 Å². The first-order valence-electron chi connectivity index (χ1n) is 4.35. The highest BCUT2D eigenvalue weighted by atomic mass is 16.5. The summed E-state index contributed by atoms with van der Waals surface area (Å²) >= 11 is 0. The van der Waals surface area contributed by atoms with Crippen molar-refractivity contribution in [1.29, 1.82) is 0 Å². The number of rotatable bonds is 2. The maximum atomic E-state index is 5.58. The molecule has 0 saturated heterocycles. The molecule has 76 valence electrons. The van der Waals surface area contributed by atoms with E-state index in [9.17, 15) is 0 Å². The van der Waals surface area contributed by atoms with Crippen molar-refractivity contribution in [2.75, 3.05) is 11.5 Å². The molecule has 0 aliphatic heterocycles. The van der Waals surface area contributed by atoms with E-state index in [1.54, 1.807) is 36.7 Å². The molecule has 15 heavy (non-hydrogen) atoms. The van der Waals surface area contributed by atoms with E-state index >= 15 is 0 Å². The average molecular weight is 202 g/mol. The van der Waals surface area contributed by atoms with Crippen LogP contribution in [0.5, 0.6) is 11.8 Å². The highest BCUT2D eigenvalue weighted by molar-refractivity contribution is 5.43. The topological polar surface area (TPSA) is 87.0 Å². The fourth-order valence-electron chi connectivity index (χ4n) is 1.07. The van der Waals surface area contributed by atoms with Crippen LogP contribution in [0.15, 0.2) is 36.7 Å². The van der Waals surface area contributed by atoms with Crippen molar-refractivity contribution in [2.24, 2.45) is 0 Å². The minimum atomic E-state index is 0.396. The molecule has 0 bridgehead atoms. The van der Waals surface area contributed by atoms with Gasteiger partial charge < -0.3 is 16.2 Å². The van der Waals surface area contributed by atoms with Crippen molar-refractivity contribution in [2.45, 2.75) is 0 Å². The molecule has 0 aromatic carbocycles. The van der Waals surface area contributed by atoms with Gasteiger partial charge in [0, 0.05) is 35.9 Å². The number of nitrogen functional groups attached to an aromatic ring is 2. The Labute approximate surface area is 86.7 Å². The second-order valence-electron chi connectivity index (χ2n) is 2.96. The molecule has 2 aromatic heterocycles. The first-order valence-corrected chi connectivity index (χ1v) is 4.35. The maximum absolute atomic E-state index is 5.58. The molecule has 0 amide bonds. The molecule has 5 nitrogen and oxygen atoms in total. The van der Waals surface area contributed by atoms with Crippen LogP contribution in [0, 0.1) is 0 Å². The van der Waals surface area contributed by atoms with E-state index in [4.69, 9.17) is 16.2 Å². The summed E-state index contributed by atoms with van der Waals surface area (Å²) in [6.07, 6.45) is 3.13.